The van der Waals surface area contributed by atoms with Gasteiger partial charge in [0.25, 0.3) is 0 Å². The Morgan fingerprint density at radius 1 is 1.22 bits per heavy atom. The second kappa shape index (κ2) is 8.31. The first kappa shape index (κ1) is 25.7. The minimum Gasteiger partial charge on any atom is -0.457 e. The number of furan rings is 1. The van der Waals surface area contributed by atoms with Gasteiger partial charge in [-0.2, -0.15) is 0 Å². The molecule has 4 aliphatic rings. The molecule has 1 aromatic heterocycles. The summed E-state index contributed by atoms with van der Waals surface area (Å²) in [4.78, 5) is 37.9. The van der Waals surface area contributed by atoms with Gasteiger partial charge in [0, 0.05) is 16.7 Å². The fourth-order valence-corrected chi connectivity index (χ4v) is 9.17. The molecule has 0 amide bonds. The lowest BCUT2D eigenvalue weighted by Gasteiger charge is -2.65. The van der Waals surface area contributed by atoms with Crippen LogP contribution in [0.25, 0.3) is 0 Å². The van der Waals surface area contributed by atoms with Gasteiger partial charge in [0.05, 0.1) is 23.1 Å². The molecule has 6 nitrogen and oxygen atoms in total. The van der Waals surface area contributed by atoms with Gasteiger partial charge in [-0.05, 0) is 61.3 Å². The zero-order chi connectivity index (χ0) is 26.3. The number of allylic oxidation sites excluding steroid dienone is 4. The van der Waals surface area contributed by atoms with Crippen molar-refractivity contribution < 1.29 is 28.6 Å². The summed E-state index contributed by atoms with van der Waals surface area (Å²) in [6, 6.07) is 3.08. The molecule has 0 aliphatic heterocycles. The molecule has 36 heavy (non-hydrogen) atoms. The molecule has 0 aromatic carbocycles. The molecule has 3 fully saturated rings. The van der Waals surface area contributed by atoms with Gasteiger partial charge < -0.3 is 14.3 Å². The number of ketones is 2. The Balaban J connectivity index is 1.64. The number of aliphatic hydroxyl groups excluding tert-OH is 1. The smallest absolute Gasteiger partial charge is 0.375 e. The number of carbonyl (C=O) groups excluding carboxylic acids is 3. The van der Waals surface area contributed by atoms with Crippen LogP contribution < -0.4 is 0 Å². The predicted molar refractivity (Wildman–Crippen MR) is 135 cm³/mol. The van der Waals surface area contributed by atoms with Crippen LogP contribution in [0.1, 0.15) is 57.5 Å². The van der Waals surface area contributed by atoms with Crippen molar-refractivity contribution in [2.24, 2.45) is 34.5 Å². The second-order valence-electron chi connectivity index (χ2n) is 11.6. The normalized spacial score (nSPS) is 45.4. The number of halogens is 2. The van der Waals surface area contributed by atoms with E-state index in [4.69, 9.17) is 32.4 Å². The largest absolute Gasteiger partial charge is 0.457 e. The van der Waals surface area contributed by atoms with Crippen molar-refractivity contribution in [3.05, 3.63) is 48.0 Å². The zero-order valence-corrected chi connectivity index (χ0v) is 22.4. The lowest BCUT2D eigenvalue weighted by atomic mass is 9.44. The minimum absolute atomic E-state index is 0.00429. The zero-order valence-electron chi connectivity index (χ0n) is 20.9. The second-order valence-corrected chi connectivity index (χ2v) is 12.5. The number of ether oxygens (including phenoxy) is 1. The van der Waals surface area contributed by atoms with Gasteiger partial charge in [-0.1, -0.05) is 39.3 Å². The van der Waals surface area contributed by atoms with E-state index in [1.165, 1.54) is 18.4 Å². The fraction of sp³-hybridized carbons (Fsp3) is 0.607. The maximum absolute atomic E-state index is 13.6. The van der Waals surface area contributed by atoms with E-state index in [0.29, 0.717) is 12.8 Å². The van der Waals surface area contributed by atoms with E-state index in [9.17, 15) is 19.5 Å². The molecule has 1 aromatic rings. The molecular formula is C28H32Cl2O6. The van der Waals surface area contributed by atoms with E-state index < -0.39 is 33.4 Å². The maximum atomic E-state index is 13.6. The Hall–Kier alpha value is -1.89. The number of esters is 1. The molecule has 1 heterocycles. The number of carbonyl (C=O) groups is 3. The lowest BCUT2D eigenvalue weighted by Crippen LogP contribution is -2.70. The van der Waals surface area contributed by atoms with Crippen LogP contribution >= 0.6 is 23.2 Å². The highest BCUT2D eigenvalue weighted by atomic mass is 35.5. The summed E-state index contributed by atoms with van der Waals surface area (Å²) in [5.41, 5.74) is -2.25. The van der Waals surface area contributed by atoms with Crippen molar-refractivity contribution in [3.63, 3.8) is 0 Å². The van der Waals surface area contributed by atoms with Crippen molar-refractivity contribution in [1.82, 2.24) is 0 Å². The maximum Gasteiger partial charge on any atom is 0.375 e. The van der Waals surface area contributed by atoms with Crippen molar-refractivity contribution >= 4 is 40.7 Å². The molecule has 5 rings (SSSR count). The summed E-state index contributed by atoms with van der Waals surface area (Å²) in [7, 11) is 0. The van der Waals surface area contributed by atoms with Crippen LogP contribution in [0.5, 0.6) is 0 Å². The van der Waals surface area contributed by atoms with E-state index in [1.54, 1.807) is 12.1 Å². The molecule has 0 spiro atoms. The van der Waals surface area contributed by atoms with Crippen LogP contribution in [0.15, 0.2) is 46.6 Å². The summed E-state index contributed by atoms with van der Waals surface area (Å²) in [6.45, 7) is 7.91. The Morgan fingerprint density at radius 2 is 1.94 bits per heavy atom. The average molecular weight is 535 g/mol. The first-order valence-electron chi connectivity index (χ1n) is 12.5. The molecule has 0 unspecified atom stereocenters. The molecule has 194 valence electrons. The van der Waals surface area contributed by atoms with Crippen LogP contribution in [-0.4, -0.2) is 45.1 Å². The summed E-state index contributed by atoms with van der Waals surface area (Å²) in [5, 5.41) is 11.8. The van der Waals surface area contributed by atoms with E-state index in [2.05, 4.69) is 6.92 Å². The standard InChI is InChI=1S/C28H32Cl2O6/c1-15-10-20-19-11-16(2)28(23(33)14-29,36-24(34)21-6-5-9-35-21)26(19,4)13-22(32)27(20,30)25(3)8-7-17(31)12-18(15)25/h5-9,12,15-16,19-20,22,32H,10-11,13-14H2,1-4H3/t15-,16-,19+,20+,22+,25+,26+,27+,28+/m1/s1. The van der Waals surface area contributed by atoms with Crippen molar-refractivity contribution in [1.29, 1.82) is 0 Å². The Bertz CT molecular complexity index is 1170. The lowest BCUT2D eigenvalue weighted by molar-refractivity contribution is -0.178. The van der Waals surface area contributed by atoms with Crippen LogP contribution in [0.2, 0.25) is 0 Å². The first-order valence-corrected chi connectivity index (χ1v) is 13.5. The highest BCUT2D eigenvalue weighted by Crippen LogP contribution is 2.72. The molecule has 9 atom stereocenters. The number of hydrogen-bond acceptors (Lipinski definition) is 6. The van der Waals surface area contributed by atoms with E-state index in [0.717, 1.165) is 5.57 Å². The number of alkyl halides is 2. The number of Topliss-reactive ketones (excluding diaryl/α,β-unsaturated/α-hetero) is 1. The highest BCUT2D eigenvalue weighted by molar-refractivity contribution is 6.29. The van der Waals surface area contributed by atoms with Gasteiger partial charge >= 0.3 is 5.97 Å². The molecule has 0 saturated heterocycles. The summed E-state index contributed by atoms with van der Waals surface area (Å²) in [5.74, 6) is -2.13. The third-order valence-electron chi connectivity index (χ3n) is 10.0. The van der Waals surface area contributed by atoms with E-state index in [1.807, 2.05) is 26.8 Å². The number of aliphatic hydroxyl groups is 1. The summed E-state index contributed by atoms with van der Waals surface area (Å²) >= 11 is 13.7. The Kier molecular flexibility index (Phi) is 5.94. The monoisotopic (exact) mass is 534 g/mol. The SMILES string of the molecule is C[C@@H]1C[C@H]2[C@@H]3C[C@@H](C)[C@](OC(=O)c4ccco4)(C(=O)CCl)[C@@]3(C)C[C@H](O)[C@]2(Cl)[C@@]2(C)C=CC(=O)C=C12. The minimum atomic E-state index is -1.54. The Labute approximate surface area is 221 Å². The molecule has 0 radical (unpaired) electrons. The van der Waals surface area contributed by atoms with Crippen LogP contribution in [0.4, 0.5) is 0 Å². The van der Waals surface area contributed by atoms with Gasteiger partial charge in [0.15, 0.2) is 17.2 Å². The number of rotatable bonds is 4. The fourth-order valence-electron chi connectivity index (χ4n) is 8.48. The van der Waals surface area contributed by atoms with Crippen molar-refractivity contribution in [2.75, 3.05) is 5.88 Å². The summed E-state index contributed by atoms with van der Waals surface area (Å²) in [6.07, 6.45) is 6.77. The molecular weight excluding hydrogens is 503 g/mol. The predicted octanol–water partition coefficient (Wildman–Crippen LogP) is 5.12. The van der Waals surface area contributed by atoms with Gasteiger partial charge in [-0.3, -0.25) is 9.59 Å². The van der Waals surface area contributed by atoms with Gasteiger partial charge in [0.2, 0.25) is 5.76 Å². The average Bonchev–Trinajstić information content (AvgIpc) is 3.44. The van der Waals surface area contributed by atoms with Crippen molar-refractivity contribution in [3.8, 4) is 0 Å². The van der Waals surface area contributed by atoms with Gasteiger partial charge in [-0.15, -0.1) is 23.2 Å². The van der Waals surface area contributed by atoms with Crippen LogP contribution in [0, 0.1) is 34.5 Å². The third kappa shape index (κ3) is 3.04. The van der Waals surface area contributed by atoms with Crippen LogP contribution in [-0.2, 0) is 14.3 Å². The van der Waals surface area contributed by atoms with Crippen molar-refractivity contribution in [2.45, 2.75) is 63.5 Å². The molecule has 1 N–H and O–H groups in total. The van der Waals surface area contributed by atoms with Gasteiger partial charge in [-0.25, -0.2) is 4.79 Å². The Morgan fingerprint density at radius 3 is 2.58 bits per heavy atom. The van der Waals surface area contributed by atoms with Gasteiger partial charge in [0.1, 0.15) is 0 Å². The molecule has 8 heteroatoms. The topological polar surface area (TPSA) is 93.8 Å². The molecule has 0 bridgehead atoms. The van der Waals surface area contributed by atoms with Crippen LogP contribution in [0.3, 0.4) is 0 Å². The molecule has 3 saturated carbocycles. The molecule has 4 aliphatic carbocycles. The quantitative estimate of drug-likeness (QED) is 0.425. The third-order valence-corrected chi connectivity index (χ3v) is 11.2. The first-order chi connectivity index (χ1) is 16.9. The van der Waals surface area contributed by atoms with E-state index >= 15 is 0 Å². The van der Waals surface area contributed by atoms with E-state index in [-0.39, 0.29) is 53.3 Å². The number of fused-ring (bicyclic) bond motifs is 5. The highest BCUT2D eigenvalue weighted by Gasteiger charge is 2.76. The summed E-state index contributed by atoms with van der Waals surface area (Å²) < 4.78 is 11.4. The number of hydrogen-bond donors (Lipinski definition) is 1.